The van der Waals surface area contributed by atoms with E-state index in [9.17, 15) is 4.79 Å². The molecular formula is C17H21N3OS. The van der Waals surface area contributed by atoms with Crippen LogP contribution < -0.4 is 5.32 Å². The molecule has 5 heteroatoms. The predicted octanol–water partition coefficient (Wildman–Crippen LogP) is 4.03. The van der Waals surface area contributed by atoms with Crippen LogP contribution in [-0.2, 0) is 11.3 Å². The second-order valence-corrected chi connectivity index (χ2v) is 6.56. The van der Waals surface area contributed by atoms with Crippen LogP contribution in [0, 0.1) is 5.92 Å². The van der Waals surface area contributed by atoms with E-state index in [1.54, 1.807) is 11.8 Å². The number of nitrogens with one attached hydrogen (secondary N) is 1. The Kier molecular flexibility index (Phi) is 4.52. The van der Waals surface area contributed by atoms with Crippen LogP contribution in [-0.4, -0.2) is 21.2 Å². The van der Waals surface area contributed by atoms with Crippen molar-refractivity contribution in [2.24, 2.45) is 5.92 Å². The summed E-state index contributed by atoms with van der Waals surface area (Å²) >= 11 is 1.78. The molecule has 1 amide bonds. The van der Waals surface area contributed by atoms with Crippen molar-refractivity contribution in [2.75, 3.05) is 11.1 Å². The zero-order valence-corrected chi connectivity index (χ0v) is 13.8. The molecule has 22 heavy (non-hydrogen) atoms. The molecule has 0 spiro atoms. The van der Waals surface area contributed by atoms with Gasteiger partial charge < -0.3 is 9.88 Å². The van der Waals surface area contributed by atoms with Gasteiger partial charge in [-0.05, 0) is 18.9 Å². The molecule has 3 rings (SSSR count). The summed E-state index contributed by atoms with van der Waals surface area (Å²) in [5, 5.41) is 4.15. The number of para-hydroxylation sites is 1. The standard InChI is InChI=1S/C17H21N3OS/c1-3-12(4-2)16(21)18-14-8-6-5-7-13(14)15-11-20-9-10-22-17(20)19-15/h5-8,11-12H,3-4,9-10H2,1-2H3,(H,18,21). The molecule has 4 nitrogen and oxygen atoms in total. The first-order valence-electron chi connectivity index (χ1n) is 7.83. The van der Waals surface area contributed by atoms with E-state index in [2.05, 4.69) is 34.9 Å². The third-order valence-electron chi connectivity index (χ3n) is 4.12. The van der Waals surface area contributed by atoms with E-state index < -0.39 is 0 Å². The van der Waals surface area contributed by atoms with Gasteiger partial charge in [0.2, 0.25) is 5.91 Å². The number of hydrogen-bond acceptors (Lipinski definition) is 3. The van der Waals surface area contributed by atoms with Crippen molar-refractivity contribution in [3.8, 4) is 11.3 Å². The zero-order valence-electron chi connectivity index (χ0n) is 13.0. The maximum atomic E-state index is 12.4. The summed E-state index contributed by atoms with van der Waals surface area (Å²) in [7, 11) is 0. The van der Waals surface area contributed by atoms with Gasteiger partial charge in [-0.2, -0.15) is 0 Å². The number of anilines is 1. The smallest absolute Gasteiger partial charge is 0.227 e. The number of aryl methyl sites for hydroxylation is 1. The highest BCUT2D eigenvalue weighted by atomic mass is 32.2. The highest BCUT2D eigenvalue weighted by Crippen LogP contribution is 2.32. The molecule has 0 atom stereocenters. The Morgan fingerprint density at radius 3 is 2.86 bits per heavy atom. The number of carbonyl (C=O) groups excluding carboxylic acids is 1. The van der Waals surface area contributed by atoms with Gasteiger partial charge in [0.05, 0.1) is 11.4 Å². The van der Waals surface area contributed by atoms with E-state index in [1.165, 1.54) is 0 Å². The molecule has 2 aromatic rings. The van der Waals surface area contributed by atoms with Gasteiger partial charge in [0.25, 0.3) is 0 Å². The number of hydrogen-bond donors (Lipinski definition) is 1. The first-order valence-corrected chi connectivity index (χ1v) is 8.81. The molecule has 1 N–H and O–H groups in total. The lowest BCUT2D eigenvalue weighted by Crippen LogP contribution is -2.22. The molecule has 0 radical (unpaired) electrons. The first kappa shape index (κ1) is 15.2. The third kappa shape index (κ3) is 2.90. The minimum absolute atomic E-state index is 0.0654. The summed E-state index contributed by atoms with van der Waals surface area (Å²) < 4.78 is 2.18. The normalized spacial score (nSPS) is 13.4. The highest BCUT2D eigenvalue weighted by molar-refractivity contribution is 7.99. The number of benzene rings is 1. The van der Waals surface area contributed by atoms with Crippen LogP contribution >= 0.6 is 11.8 Å². The Morgan fingerprint density at radius 1 is 1.36 bits per heavy atom. The monoisotopic (exact) mass is 315 g/mol. The summed E-state index contributed by atoms with van der Waals surface area (Å²) in [6.45, 7) is 5.11. The van der Waals surface area contributed by atoms with Gasteiger partial charge in [0.15, 0.2) is 5.16 Å². The topological polar surface area (TPSA) is 46.9 Å². The zero-order chi connectivity index (χ0) is 15.5. The van der Waals surface area contributed by atoms with Gasteiger partial charge in [0.1, 0.15) is 0 Å². The van der Waals surface area contributed by atoms with Crippen LogP contribution in [0.25, 0.3) is 11.3 Å². The number of fused-ring (bicyclic) bond motifs is 1. The van der Waals surface area contributed by atoms with Crippen LogP contribution in [0.4, 0.5) is 5.69 Å². The Morgan fingerprint density at radius 2 is 2.14 bits per heavy atom. The minimum Gasteiger partial charge on any atom is -0.325 e. The molecular weight excluding hydrogens is 294 g/mol. The summed E-state index contributed by atoms with van der Waals surface area (Å²) in [6, 6.07) is 7.91. The first-order chi connectivity index (χ1) is 10.7. The van der Waals surface area contributed by atoms with Gasteiger partial charge in [-0.3, -0.25) is 4.79 Å². The average molecular weight is 315 g/mol. The number of amides is 1. The summed E-state index contributed by atoms with van der Waals surface area (Å²) in [5.41, 5.74) is 2.77. The lowest BCUT2D eigenvalue weighted by molar-refractivity contribution is -0.120. The maximum Gasteiger partial charge on any atom is 0.227 e. The largest absolute Gasteiger partial charge is 0.325 e. The highest BCUT2D eigenvalue weighted by Gasteiger charge is 2.19. The molecule has 116 valence electrons. The molecule has 0 saturated carbocycles. The van der Waals surface area contributed by atoms with Gasteiger partial charge in [-0.25, -0.2) is 4.98 Å². The molecule has 0 unspecified atom stereocenters. The summed E-state index contributed by atoms with van der Waals surface area (Å²) in [5.74, 6) is 1.25. The maximum absolute atomic E-state index is 12.4. The second-order valence-electron chi connectivity index (χ2n) is 5.50. The van der Waals surface area contributed by atoms with Gasteiger partial charge >= 0.3 is 0 Å². The summed E-state index contributed by atoms with van der Waals surface area (Å²) in [4.78, 5) is 17.0. The van der Waals surface area contributed by atoms with Crippen molar-refractivity contribution in [2.45, 2.75) is 38.4 Å². The fraction of sp³-hybridized carbons (Fsp3) is 0.412. The van der Waals surface area contributed by atoms with Crippen molar-refractivity contribution in [3.05, 3.63) is 30.5 Å². The van der Waals surface area contributed by atoms with Crippen molar-refractivity contribution >= 4 is 23.4 Å². The Bertz CT molecular complexity index is 655. The molecule has 0 aliphatic carbocycles. The molecule has 0 saturated heterocycles. The molecule has 0 fully saturated rings. The van der Waals surface area contributed by atoms with Gasteiger partial charge in [-0.15, -0.1) is 0 Å². The third-order valence-corrected chi connectivity index (χ3v) is 5.09. The predicted molar refractivity (Wildman–Crippen MR) is 91.1 cm³/mol. The lowest BCUT2D eigenvalue weighted by Gasteiger charge is -2.14. The number of carbonyl (C=O) groups is 1. The van der Waals surface area contributed by atoms with E-state index in [1.807, 2.05) is 24.3 Å². The summed E-state index contributed by atoms with van der Waals surface area (Å²) in [6.07, 6.45) is 3.80. The van der Waals surface area contributed by atoms with Crippen LogP contribution in [0.15, 0.2) is 35.6 Å². The Hall–Kier alpha value is -1.75. The van der Waals surface area contributed by atoms with Crippen molar-refractivity contribution in [1.82, 2.24) is 9.55 Å². The van der Waals surface area contributed by atoms with Gasteiger partial charge in [0, 0.05) is 30.0 Å². The number of nitrogens with zero attached hydrogens (tertiary/aromatic N) is 2. The van der Waals surface area contributed by atoms with E-state index in [4.69, 9.17) is 0 Å². The fourth-order valence-corrected chi connectivity index (χ4v) is 3.69. The average Bonchev–Trinajstić information content (AvgIpc) is 3.10. The molecule has 1 aromatic heterocycles. The molecule has 1 aliphatic heterocycles. The Balaban J connectivity index is 1.88. The lowest BCUT2D eigenvalue weighted by atomic mass is 10.0. The van der Waals surface area contributed by atoms with Crippen LogP contribution in [0.5, 0.6) is 0 Å². The number of thioether (sulfide) groups is 1. The number of rotatable bonds is 5. The van der Waals surface area contributed by atoms with Crippen LogP contribution in [0.1, 0.15) is 26.7 Å². The molecule has 2 heterocycles. The van der Waals surface area contributed by atoms with E-state index in [0.717, 1.165) is 47.2 Å². The molecule has 0 bridgehead atoms. The van der Waals surface area contributed by atoms with Crippen molar-refractivity contribution < 1.29 is 4.79 Å². The Labute approximate surface area is 135 Å². The second kappa shape index (κ2) is 6.57. The van der Waals surface area contributed by atoms with E-state index >= 15 is 0 Å². The fourth-order valence-electron chi connectivity index (χ4n) is 2.75. The van der Waals surface area contributed by atoms with E-state index in [0.29, 0.717) is 0 Å². The number of aromatic nitrogens is 2. The molecule has 1 aromatic carbocycles. The van der Waals surface area contributed by atoms with Crippen molar-refractivity contribution in [1.29, 1.82) is 0 Å². The van der Waals surface area contributed by atoms with E-state index in [-0.39, 0.29) is 11.8 Å². The van der Waals surface area contributed by atoms with Crippen LogP contribution in [0.2, 0.25) is 0 Å². The molecule has 1 aliphatic rings. The minimum atomic E-state index is 0.0654. The SMILES string of the molecule is CCC(CC)C(=O)Nc1ccccc1-c1cn2c(n1)SCC2. The quantitative estimate of drug-likeness (QED) is 0.906. The van der Waals surface area contributed by atoms with Gasteiger partial charge in [-0.1, -0.05) is 43.8 Å². The van der Waals surface area contributed by atoms with Crippen LogP contribution in [0.3, 0.4) is 0 Å². The van der Waals surface area contributed by atoms with Crippen molar-refractivity contribution in [3.63, 3.8) is 0 Å². The number of imidazole rings is 1.